The summed E-state index contributed by atoms with van der Waals surface area (Å²) in [4.78, 5) is 4.63. The van der Waals surface area contributed by atoms with E-state index in [0.29, 0.717) is 6.04 Å². The van der Waals surface area contributed by atoms with Crippen LogP contribution < -0.4 is 5.32 Å². The minimum Gasteiger partial charge on any atom is -0.335 e. The molecule has 1 atom stereocenters. The van der Waals surface area contributed by atoms with Crippen LogP contribution in [0.2, 0.25) is 0 Å². The third kappa shape index (κ3) is 3.22. The van der Waals surface area contributed by atoms with Crippen LogP contribution in [0.3, 0.4) is 0 Å². The molecule has 1 unspecified atom stereocenters. The Morgan fingerprint density at radius 2 is 2.35 bits per heavy atom. The monoisotopic (exact) mass is 252 g/mol. The Balaban J connectivity index is 2.12. The standard InChI is InChI=1S/C13H17FN2S/c1-3-11-6-7-17-13(15-11)16-12-5-4-10(14)8-9(12)2/h4-5,8,11H,3,6-7H2,1-2H3,(H,15,16). The molecule has 1 aromatic rings. The van der Waals surface area contributed by atoms with Crippen LogP contribution in [0.25, 0.3) is 0 Å². The summed E-state index contributed by atoms with van der Waals surface area (Å²) >= 11 is 1.74. The van der Waals surface area contributed by atoms with Crippen molar-refractivity contribution in [1.29, 1.82) is 0 Å². The van der Waals surface area contributed by atoms with Crippen LogP contribution in [-0.2, 0) is 0 Å². The van der Waals surface area contributed by atoms with E-state index in [1.807, 2.05) is 6.92 Å². The summed E-state index contributed by atoms with van der Waals surface area (Å²) in [7, 11) is 0. The number of hydrogen-bond acceptors (Lipinski definition) is 3. The molecule has 1 N–H and O–H groups in total. The molecule has 0 saturated heterocycles. The summed E-state index contributed by atoms with van der Waals surface area (Å²) in [6.07, 6.45) is 2.23. The number of thioether (sulfide) groups is 1. The molecule has 1 aromatic carbocycles. The van der Waals surface area contributed by atoms with Crippen molar-refractivity contribution < 1.29 is 4.39 Å². The molecular weight excluding hydrogens is 235 g/mol. The molecule has 1 aliphatic heterocycles. The number of hydrogen-bond donors (Lipinski definition) is 1. The number of nitrogens with one attached hydrogen (secondary N) is 1. The Morgan fingerprint density at radius 3 is 3.06 bits per heavy atom. The van der Waals surface area contributed by atoms with Crippen LogP contribution in [0, 0.1) is 12.7 Å². The highest BCUT2D eigenvalue weighted by Crippen LogP contribution is 2.23. The summed E-state index contributed by atoms with van der Waals surface area (Å²) in [5, 5.41) is 4.24. The van der Waals surface area contributed by atoms with Gasteiger partial charge < -0.3 is 5.32 Å². The summed E-state index contributed by atoms with van der Waals surface area (Å²) in [5.41, 5.74) is 1.85. The SMILES string of the molecule is CCC1CCSC(Nc2ccc(F)cc2C)=N1. The van der Waals surface area contributed by atoms with Gasteiger partial charge >= 0.3 is 0 Å². The summed E-state index contributed by atoms with van der Waals surface area (Å²) < 4.78 is 13.0. The van der Waals surface area contributed by atoms with E-state index < -0.39 is 0 Å². The molecule has 0 spiro atoms. The van der Waals surface area contributed by atoms with E-state index in [0.717, 1.165) is 35.0 Å². The molecule has 1 heterocycles. The number of anilines is 1. The Labute approximate surface area is 106 Å². The summed E-state index contributed by atoms with van der Waals surface area (Å²) in [6.45, 7) is 4.06. The average molecular weight is 252 g/mol. The zero-order valence-electron chi connectivity index (χ0n) is 10.2. The van der Waals surface area contributed by atoms with Crippen molar-refractivity contribution >= 4 is 22.6 Å². The van der Waals surface area contributed by atoms with Gasteiger partial charge in [-0.15, -0.1) is 0 Å². The van der Waals surface area contributed by atoms with E-state index in [9.17, 15) is 4.39 Å². The molecule has 0 amide bonds. The van der Waals surface area contributed by atoms with Crippen LogP contribution in [0.1, 0.15) is 25.3 Å². The zero-order chi connectivity index (χ0) is 12.3. The predicted octanol–water partition coefficient (Wildman–Crippen LogP) is 3.82. The number of benzene rings is 1. The predicted molar refractivity (Wildman–Crippen MR) is 73.3 cm³/mol. The lowest BCUT2D eigenvalue weighted by Crippen LogP contribution is -2.19. The number of aliphatic imine (C=N–C) groups is 1. The fourth-order valence-corrected chi connectivity index (χ4v) is 2.79. The summed E-state index contributed by atoms with van der Waals surface area (Å²) in [5.74, 6) is 0.905. The molecular formula is C13H17FN2S. The average Bonchev–Trinajstić information content (AvgIpc) is 2.33. The van der Waals surface area contributed by atoms with E-state index in [1.165, 1.54) is 12.1 Å². The molecule has 0 radical (unpaired) electrons. The lowest BCUT2D eigenvalue weighted by atomic mass is 10.2. The maximum atomic E-state index is 13.0. The smallest absolute Gasteiger partial charge is 0.161 e. The van der Waals surface area contributed by atoms with Crippen LogP contribution in [0.15, 0.2) is 23.2 Å². The van der Waals surface area contributed by atoms with E-state index in [2.05, 4.69) is 17.2 Å². The Morgan fingerprint density at radius 1 is 1.53 bits per heavy atom. The minimum absolute atomic E-state index is 0.197. The maximum Gasteiger partial charge on any atom is 0.161 e. The molecule has 0 aromatic heterocycles. The molecule has 2 nitrogen and oxygen atoms in total. The first kappa shape index (κ1) is 12.4. The topological polar surface area (TPSA) is 24.4 Å². The van der Waals surface area contributed by atoms with Crippen LogP contribution in [0.5, 0.6) is 0 Å². The highest BCUT2D eigenvalue weighted by atomic mass is 32.2. The second-order valence-corrected chi connectivity index (χ2v) is 5.30. The molecule has 4 heteroatoms. The van der Waals surface area contributed by atoms with Crippen LogP contribution in [-0.4, -0.2) is 17.0 Å². The second kappa shape index (κ2) is 5.54. The first-order valence-electron chi connectivity index (χ1n) is 5.93. The third-order valence-electron chi connectivity index (χ3n) is 2.89. The van der Waals surface area contributed by atoms with Crippen LogP contribution in [0.4, 0.5) is 10.1 Å². The molecule has 17 heavy (non-hydrogen) atoms. The normalized spacial score (nSPS) is 19.9. The van der Waals surface area contributed by atoms with E-state index in [1.54, 1.807) is 17.8 Å². The van der Waals surface area contributed by atoms with Gasteiger partial charge in [0.15, 0.2) is 5.17 Å². The maximum absolute atomic E-state index is 13.0. The lowest BCUT2D eigenvalue weighted by molar-refractivity contribution is 0.627. The fraction of sp³-hybridized carbons (Fsp3) is 0.462. The number of rotatable bonds is 2. The van der Waals surface area contributed by atoms with Crippen molar-refractivity contribution in [1.82, 2.24) is 0 Å². The molecule has 0 aliphatic carbocycles. The van der Waals surface area contributed by atoms with Crippen molar-refractivity contribution in [3.05, 3.63) is 29.6 Å². The second-order valence-electron chi connectivity index (χ2n) is 4.22. The third-order valence-corrected chi connectivity index (χ3v) is 3.81. The largest absolute Gasteiger partial charge is 0.335 e. The molecule has 1 aliphatic rings. The van der Waals surface area contributed by atoms with Gasteiger partial charge in [0.25, 0.3) is 0 Å². The number of amidine groups is 1. The quantitative estimate of drug-likeness (QED) is 0.865. The van der Waals surface area contributed by atoms with E-state index >= 15 is 0 Å². The van der Waals surface area contributed by atoms with Gasteiger partial charge in [0.05, 0.1) is 6.04 Å². The highest BCUT2D eigenvalue weighted by Gasteiger charge is 2.14. The first-order valence-corrected chi connectivity index (χ1v) is 6.91. The molecule has 0 saturated carbocycles. The lowest BCUT2D eigenvalue weighted by Gasteiger charge is -2.20. The van der Waals surface area contributed by atoms with Gasteiger partial charge in [0.2, 0.25) is 0 Å². The minimum atomic E-state index is -0.197. The molecule has 2 rings (SSSR count). The summed E-state index contributed by atoms with van der Waals surface area (Å²) in [6, 6.07) is 5.21. The first-order chi connectivity index (χ1) is 8.19. The van der Waals surface area contributed by atoms with Crippen molar-refractivity contribution in [2.45, 2.75) is 32.7 Å². The van der Waals surface area contributed by atoms with E-state index in [-0.39, 0.29) is 5.82 Å². The number of nitrogens with zero attached hydrogens (tertiary/aromatic N) is 1. The van der Waals surface area contributed by atoms with Gasteiger partial charge in [-0.3, -0.25) is 4.99 Å². The highest BCUT2D eigenvalue weighted by molar-refractivity contribution is 8.14. The molecule has 0 fully saturated rings. The van der Waals surface area contributed by atoms with Gasteiger partial charge in [-0.25, -0.2) is 4.39 Å². The van der Waals surface area contributed by atoms with Crippen molar-refractivity contribution in [2.75, 3.05) is 11.1 Å². The molecule has 0 bridgehead atoms. The van der Waals surface area contributed by atoms with E-state index in [4.69, 9.17) is 0 Å². The Bertz CT molecular complexity index is 431. The Hall–Kier alpha value is -1.03. The van der Waals surface area contributed by atoms with Gasteiger partial charge in [-0.05, 0) is 43.5 Å². The van der Waals surface area contributed by atoms with Crippen molar-refractivity contribution in [3.63, 3.8) is 0 Å². The Kier molecular flexibility index (Phi) is 4.05. The van der Waals surface area contributed by atoms with Gasteiger partial charge in [0, 0.05) is 11.4 Å². The number of halogens is 1. The fourth-order valence-electron chi connectivity index (χ4n) is 1.81. The van der Waals surface area contributed by atoms with Crippen molar-refractivity contribution in [2.24, 2.45) is 4.99 Å². The van der Waals surface area contributed by atoms with Gasteiger partial charge in [0.1, 0.15) is 5.82 Å². The zero-order valence-corrected chi connectivity index (χ0v) is 11.0. The molecule has 92 valence electrons. The van der Waals surface area contributed by atoms with Gasteiger partial charge in [-0.2, -0.15) is 0 Å². The van der Waals surface area contributed by atoms with Crippen LogP contribution >= 0.6 is 11.8 Å². The van der Waals surface area contributed by atoms with Gasteiger partial charge in [-0.1, -0.05) is 18.7 Å². The van der Waals surface area contributed by atoms with Crippen molar-refractivity contribution in [3.8, 4) is 0 Å². The number of aryl methyl sites for hydroxylation is 1.